The molecule has 0 radical (unpaired) electrons. The van der Waals surface area contributed by atoms with Crippen molar-refractivity contribution in [2.75, 3.05) is 6.61 Å². The van der Waals surface area contributed by atoms with Crippen LogP contribution in [-0.2, 0) is 6.54 Å². The summed E-state index contributed by atoms with van der Waals surface area (Å²) in [7, 11) is 0. The Hall–Kier alpha value is -2.66. The van der Waals surface area contributed by atoms with Gasteiger partial charge >= 0.3 is 0 Å². The molecule has 0 aliphatic rings. The summed E-state index contributed by atoms with van der Waals surface area (Å²) < 4.78 is 7.30. The molecule has 0 spiro atoms. The molecule has 1 N–H and O–H groups in total. The molecule has 124 valence electrons. The number of aliphatic hydroxyl groups excluding tert-OH is 1. The lowest BCUT2D eigenvalue weighted by Crippen LogP contribution is -2.30. The van der Waals surface area contributed by atoms with Crippen LogP contribution in [-0.4, -0.2) is 27.4 Å². The van der Waals surface area contributed by atoms with Crippen LogP contribution in [0.25, 0.3) is 11.0 Å². The monoisotopic (exact) mass is 324 g/mol. The van der Waals surface area contributed by atoms with Gasteiger partial charge in [-0.25, -0.2) is 4.98 Å². The molecule has 1 aromatic heterocycles. The Morgan fingerprint density at radius 2 is 1.83 bits per heavy atom. The molecular weight excluding hydrogens is 304 g/mol. The fraction of sp³-hybridized carbons (Fsp3) is 0.263. The molecule has 3 aromatic rings. The van der Waals surface area contributed by atoms with Crippen molar-refractivity contribution in [1.82, 2.24) is 9.55 Å². The highest BCUT2D eigenvalue weighted by atomic mass is 16.5. The maximum Gasteiger partial charge on any atom is 0.269 e. The third-order valence-electron chi connectivity index (χ3n) is 3.97. The Kier molecular flexibility index (Phi) is 4.62. The van der Waals surface area contributed by atoms with Crippen LogP contribution in [0.2, 0.25) is 0 Å². The minimum absolute atomic E-state index is 0.120. The van der Waals surface area contributed by atoms with Crippen molar-refractivity contribution in [1.29, 1.82) is 0 Å². The van der Waals surface area contributed by atoms with Crippen molar-refractivity contribution < 1.29 is 9.84 Å². The molecule has 1 unspecified atom stereocenters. The second-order valence-electron chi connectivity index (χ2n) is 5.88. The maximum absolute atomic E-state index is 12.1. The van der Waals surface area contributed by atoms with Gasteiger partial charge in [-0.15, -0.1) is 0 Å². The highest BCUT2D eigenvalue weighted by molar-refractivity contribution is 5.74. The van der Waals surface area contributed by atoms with Crippen molar-refractivity contribution in [3.63, 3.8) is 0 Å². The number of nitrogens with zero attached hydrogens (tertiary/aromatic N) is 2. The first-order valence-electron chi connectivity index (χ1n) is 7.88. The zero-order valence-corrected chi connectivity index (χ0v) is 13.8. The van der Waals surface area contributed by atoms with Gasteiger partial charge in [0.1, 0.15) is 18.5 Å². The van der Waals surface area contributed by atoms with E-state index in [1.165, 1.54) is 10.8 Å². The van der Waals surface area contributed by atoms with E-state index in [-0.39, 0.29) is 18.7 Å². The predicted molar refractivity (Wildman–Crippen MR) is 93.4 cm³/mol. The molecule has 1 heterocycles. The third kappa shape index (κ3) is 3.31. The number of para-hydroxylation sites is 3. The molecule has 0 aliphatic heterocycles. The average molecular weight is 324 g/mol. The molecule has 0 fully saturated rings. The van der Waals surface area contributed by atoms with Crippen LogP contribution in [0.4, 0.5) is 0 Å². The van der Waals surface area contributed by atoms with Gasteiger partial charge in [0, 0.05) is 0 Å². The Balaban J connectivity index is 1.77. The van der Waals surface area contributed by atoms with Gasteiger partial charge in [-0.2, -0.15) is 0 Å². The lowest BCUT2D eigenvalue weighted by molar-refractivity contribution is 0.0920. The molecule has 0 saturated heterocycles. The number of fused-ring (bicyclic) bond motifs is 1. The molecular formula is C19H20N2O3. The van der Waals surface area contributed by atoms with Crippen LogP contribution < -0.4 is 10.3 Å². The number of aliphatic hydroxyl groups is 1. The number of rotatable bonds is 5. The lowest BCUT2D eigenvalue weighted by Gasteiger charge is -2.17. The van der Waals surface area contributed by atoms with Gasteiger partial charge in [0.25, 0.3) is 5.56 Å². The van der Waals surface area contributed by atoms with Gasteiger partial charge in [-0.3, -0.25) is 4.79 Å². The normalized spacial score (nSPS) is 12.3. The topological polar surface area (TPSA) is 64.3 Å². The van der Waals surface area contributed by atoms with E-state index in [1.54, 1.807) is 0 Å². The van der Waals surface area contributed by atoms with Crippen molar-refractivity contribution in [2.45, 2.75) is 26.5 Å². The van der Waals surface area contributed by atoms with Gasteiger partial charge in [0.2, 0.25) is 0 Å². The Morgan fingerprint density at radius 3 is 2.58 bits per heavy atom. The minimum Gasteiger partial charge on any atom is -0.490 e. The summed E-state index contributed by atoms with van der Waals surface area (Å²) in [6.07, 6.45) is 0.481. The van der Waals surface area contributed by atoms with Crippen molar-refractivity contribution >= 4 is 11.0 Å². The van der Waals surface area contributed by atoms with Crippen molar-refractivity contribution in [3.05, 3.63) is 70.1 Å². The van der Waals surface area contributed by atoms with Crippen LogP contribution in [0.15, 0.2) is 53.5 Å². The zero-order chi connectivity index (χ0) is 17.1. The van der Waals surface area contributed by atoms with Gasteiger partial charge < -0.3 is 14.4 Å². The Labute approximate surface area is 140 Å². The summed E-state index contributed by atoms with van der Waals surface area (Å²) in [5.74, 6) is 0.781. The average Bonchev–Trinajstić information content (AvgIpc) is 2.57. The Morgan fingerprint density at radius 1 is 1.12 bits per heavy atom. The van der Waals surface area contributed by atoms with Crippen LogP contribution in [0.5, 0.6) is 5.75 Å². The van der Waals surface area contributed by atoms with Crippen LogP contribution in [0.3, 0.4) is 0 Å². The number of aromatic nitrogens is 2. The van der Waals surface area contributed by atoms with Gasteiger partial charge in [-0.05, 0) is 37.1 Å². The third-order valence-corrected chi connectivity index (χ3v) is 3.97. The quantitative estimate of drug-likeness (QED) is 0.783. The fourth-order valence-electron chi connectivity index (χ4n) is 2.77. The van der Waals surface area contributed by atoms with E-state index in [4.69, 9.17) is 4.74 Å². The van der Waals surface area contributed by atoms with Crippen molar-refractivity contribution in [3.8, 4) is 5.75 Å². The molecule has 5 heteroatoms. The molecule has 0 amide bonds. The Bertz CT molecular complexity index is 898. The zero-order valence-electron chi connectivity index (χ0n) is 13.8. The van der Waals surface area contributed by atoms with E-state index in [0.29, 0.717) is 5.52 Å². The van der Waals surface area contributed by atoms with Gasteiger partial charge in [0.05, 0.1) is 23.8 Å². The number of hydrogen-bond acceptors (Lipinski definition) is 4. The van der Waals surface area contributed by atoms with E-state index in [9.17, 15) is 9.90 Å². The molecule has 24 heavy (non-hydrogen) atoms. The first kappa shape index (κ1) is 16.2. The van der Waals surface area contributed by atoms with E-state index < -0.39 is 6.10 Å². The van der Waals surface area contributed by atoms with E-state index in [1.807, 2.05) is 56.3 Å². The van der Waals surface area contributed by atoms with Gasteiger partial charge in [-0.1, -0.05) is 30.3 Å². The van der Waals surface area contributed by atoms with Gasteiger partial charge in [0.15, 0.2) is 0 Å². The molecule has 5 nitrogen and oxygen atoms in total. The molecule has 1 atom stereocenters. The minimum atomic E-state index is -0.799. The second kappa shape index (κ2) is 6.84. The first-order valence-corrected chi connectivity index (χ1v) is 7.88. The number of aryl methyl sites for hydroxylation is 2. The van der Waals surface area contributed by atoms with Crippen LogP contribution >= 0.6 is 0 Å². The van der Waals surface area contributed by atoms with E-state index >= 15 is 0 Å². The summed E-state index contributed by atoms with van der Waals surface area (Å²) in [6.45, 7) is 4.22. The molecule has 0 bridgehead atoms. The maximum atomic E-state index is 12.1. The standard InChI is InChI=1S/C19H20N2O3/c1-13-6-5-7-14(2)19(13)24-12-15(22)11-21-17-9-4-3-8-16(17)20-10-18(21)23/h3-10,15,22H,11-12H2,1-2H3. The lowest BCUT2D eigenvalue weighted by atomic mass is 10.1. The van der Waals surface area contributed by atoms with E-state index in [2.05, 4.69) is 4.98 Å². The van der Waals surface area contributed by atoms with Crippen LogP contribution in [0, 0.1) is 13.8 Å². The number of hydrogen-bond donors (Lipinski definition) is 1. The summed E-state index contributed by atoms with van der Waals surface area (Å²) in [5, 5.41) is 10.3. The summed E-state index contributed by atoms with van der Waals surface area (Å²) in [5.41, 5.74) is 3.23. The first-order chi connectivity index (χ1) is 11.6. The summed E-state index contributed by atoms with van der Waals surface area (Å²) in [4.78, 5) is 16.2. The van der Waals surface area contributed by atoms with E-state index in [0.717, 1.165) is 22.4 Å². The number of ether oxygens (including phenoxy) is 1. The second-order valence-corrected chi connectivity index (χ2v) is 5.88. The summed E-state index contributed by atoms with van der Waals surface area (Å²) in [6, 6.07) is 13.3. The molecule has 2 aromatic carbocycles. The highest BCUT2D eigenvalue weighted by Gasteiger charge is 2.12. The SMILES string of the molecule is Cc1cccc(C)c1OCC(O)Cn1c(=O)cnc2ccccc21. The predicted octanol–water partition coefficient (Wildman–Crippen LogP) is 2.45. The van der Waals surface area contributed by atoms with Crippen LogP contribution in [0.1, 0.15) is 11.1 Å². The fourth-order valence-corrected chi connectivity index (χ4v) is 2.77. The smallest absolute Gasteiger partial charge is 0.269 e. The summed E-state index contributed by atoms with van der Waals surface area (Å²) >= 11 is 0. The van der Waals surface area contributed by atoms with Crippen molar-refractivity contribution in [2.24, 2.45) is 0 Å². The molecule has 0 aliphatic carbocycles. The largest absolute Gasteiger partial charge is 0.490 e. The highest BCUT2D eigenvalue weighted by Crippen LogP contribution is 2.22. The molecule has 0 saturated carbocycles. The number of benzene rings is 2. The molecule has 3 rings (SSSR count).